The second-order valence-electron chi connectivity index (χ2n) is 4.78. The van der Waals surface area contributed by atoms with E-state index in [9.17, 15) is 13.6 Å². The van der Waals surface area contributed by atoms with Crippen LogP contribution in [0, 0.1) is 11.6 Å². The van der Waals surface area contributed by atoms with Crippen LogP contribution in [-0.2, 0) is 7.05 Å². The maximum atomic E-state index is 13.2. The van der Waals surface area contributed by atoms with Gasteiger partial charge in [0.15, 0.2) is 22.6 Å². The van der Waals surface area contributed by atoms with Gasteiger partial charge in [-0.3, -0.25) is 4.79 Å². The summed E-state index contributed by atoms with van der Waals surface area (Å²) < 4.78 is 27.9. The van der Waals surface area contributed by atoms with E-state index in [1.54, 1.807) is 0 Å². The number of fused-ring (bicyclic) bond motifs is 1. The zero-order chi connectivity index (χ0) is 15.7. The Hall–Kier alpha value is -2.21. The smallest absolute Gasteiger partial charge is 0.173 e. The number of hydrogen-bond donors (Lipinski definition) is 0. The van der Waals surface area contributed by atoms with Crippen LogP contribution >= 0.6 is 11.8 Å². The van der Waals surface area contributed by atoms with Crippen molar-refractivity contribution in [1.29, 1.82) is 0 Å². The van der Waals surface area contributed by atoms with Crippen LogP contribution in [-0.4, -0.2) is 21.1 Å². The number of rotatable bonds is 4. The van der Waals surface area contributed by atoms with Crippen molar-refractivity contribution in [3.63, 3.8) is 0 Å². The van der Waals surface area contributed by atoms with Crippen molar-refractivity contribution < 1.29 is 13.6 Å². The van der Waals surface area contributed by atoms with Crippen LogP contribution < -0.4 is 0 Å². The van der Waals surface area contributed by atoms with Crippen LogP contribution in [0.15, 0.2) is 47.6 Å². The molecule has 22 heavy (non-hydrogen) atoms. The highest BCUT2D eigenvalue weighted by Gasteiger charge is 2.13. The van der Waals surface area contributed by atoms with Crippen molar-refractivity contribution in [1.82, 2.24) is 9.55 Å². The zero-order valence-corrected chi connectivity index (χ0v) is 12.5. The lowest BCUT2D eigenvalue weighted by atomic mass is 10.1. The highest BCUT2D eigenvalue weighted by Crippen LogP contribution is 2.23. The van der Waals surface area contributed by atoms with Crippen LogP contribution in [0.3, 0.4) is 0 Å². The standard InChI is InChI=1S/C16H12F2N2OS/c1-20-14-5-3-2-4-13(14)19-16(20)22-9-15(21)10-6-7-11(17)12(18)8-10/h2-8H,9H2,1H3. The molecule has 1 heterocycles. The van der Waals surface area contributed by atoms with Gasteiger partial charge in [0.05, 0.1) is 16.8 Å². The predicted octanol–water partition coefficient (Wildman–Crippen LogP) is 3.83. The fraction of sp³-hybridized carbons (Fsp3) is 0.125. The molecule has 0 spiro atoms. The molecule has 0 aliphatic carbocycles. The summed E-state index contributed by atoms with van der Waals surface area (Å²) in [6.07, 6.45) is 0. The molecule has 3 nitrogen and oxygen atoms in total. The Balaban J connectivity index is 1.77. The van der Waals surface area contributed by atoms with Gasteiger partial charge in [0.1, 0.15) is 0 Å². The molecule has 0 atom stereocenters. The number of halogens is 2. The minimum absolute atomic E-state index is 0.113. The van der Waals surface area contributed by atoms with Crippen LogP contribution in [0.5, 0.6) is 0 Å². The second kappa shape index (κ2) is 5.88. The van der Waals surface area contributed by atoms with Gasteiger partial charge in [-0.1, -0.05) is 23.9 Å². The number of hydrogen-bond acceptors (Lipinski definition) is 3. The molecule has 0 bridgehead atoms. The molecule has 3 aromatic rings. The van der Waals surface area contributed by atoms with Crippen molar-refractivity contribution >= 4 is 28.6 Å². The summed E-state index contributed by atoms with van der Waals surface area (Å²) in [6.45, 7) is 0. The van der Waals surface area contributed by atoms with Crippen LogP contribution in [0.4, 0.5) is 8.78 Å². The lowest BCUT2D eigenvalue weighted by Crippen LogP contribution is -2.04. The molecule has 0 saturated heterocycles. The number of thioether (sulfide) groups is 1. The van der Waals surface area contributed by atoms with Crippen molar-refractivity contribution in [3.8, 4) is 0 Å². The zero-order valence-electron chi connectivity index (χ0n) is 11.7. The van der Waals surface area contributed by atoms with Crippen molar-refractivity contribution in [2.75, 3.05) is 5.75 Å². The lowest BCUT2D eigenvalue weighted by molar-refractivity contribution is 0.102. The SMILES string of the molecule is Cn1c(SCC(=O)c2ccc(F)c(F)c2)nc2ccccc21. The van der Waals surface area contributed by atoms with Crippen molar-refractivity contribution in [2.45, 2.75) is 5.16 Å². The van der Waals surface area contributed by atoms with E-state index in [2.05, 4.69) is 4.98 Å². The summed E-state index contributed by atoms with van der Waals surface area (Å²) in [4.78, 5) is 16.5. The molecule has 6 heteroatoms. The first-order valence-corrected chi connectivity index (χ1v) is 7.57. The van der Waals surface area contributed by atoms with Gasteiger partial charge < -0.3 is 4.57 Å². The quantitative estimate of drug-likeness (QED) is 0.542. The van der Waals surface area contributed by atoms with Gasteiger partial charge in [0.2, 0.25) is 0 Å². The number of carbonyl (C=O) groups is 1. The van der Waals surface area contributed by atoms with E-state index >= 15 is 0 Å². The van der Waals surface area contributed by atoms with E-state index in [1.807, 2.05) is 35.9 Å². The third-order valence-electron chi connectivity index (χ3n) is 3.32. The Labute approximate surface area is 130 Å². The highest BCUT2D eigenvalue weighted by atomic mass is 32.2. The average Bonchev–Trinajstić information content (AvgIpc) is 2.84. The van der Waals surface area contributed by atoms with E-state index in [1.165, 1.54) is 17.8 Å². The van der Waals surface area contributed by atoms with Crippen LogP contribution in [0.2, 0.25) is 0 Å². The van der Waals surface area contributed by atoms with Crippen LogP contribution in [0.25, 0.3) is 11.0 Å². The van der Waals surface area contributed by atoms with E-state index in [4.69, 9.17) is 0 Å². The molecule has 1 aromatic heterocycles. The fourth-order valence-corrected chi connectivity index (χ4v) is 3.02. The molecule has 0 aliphatic rings. The summed E-state index contributed by atoms with van der Waals surface area (Å²) in [5, 5.41) is 0.706. The van der Waals surface area contributed by atoms with Gasteiger partial charge in [0, 0.05) is 12.6 Å². The number of nitrogens with zero attached hydrogens (tertiary/aromatic N) is 2. The molecule has 0 radical (unpaired) electrons. The van der Waals surface area contributed by atoms with E-state index in [0.29, 0.717) is 5.16 Å². The summed E-state index contributed by atoms with van der Waals surface area (Å²) in [7, 11) is 1.87. The Morgan fingerprint density at radius 3 is 2.68 bits per heavy atom. The maximum absolute atomic E-state index is 13.2. The molecule has 0 fully saturated rings. The van der Waals surface area contributed by atoms with Crippen LogP contribution in [0.1, 0.15) is 10.4 Å². The summed E-state index contributed by atoms with van der Waals surface area (Å²) >= 11 is 1.27. The highest BCUT2D eigenvalue weighted by molar-refractivity contribution is 7.99. The predicted molar refractivity (Wildman–Crippen MR) is 82.1 cm³/mol. The number of Topliss-reactive ketones (excluding diaryl/α,β-unsaturated/α-hetero) is 1. The van der Waals surface area contributed by atoms with E-state index in [0.717, 1.165) is 23.2 Å². The average molecular weight is 318 g/mol. The molecular formula is C16H12F2N2OS. The molecule has 0 N–H and O–H groups in total. The van der Waals surface area contributed by atoms with E-state index < -0.39 is 11.6 Å². The molecule has 2 aromatic carbocycles. The minimum Gasteiger partial charge on any atom is -0.322 e. The normalized spacial score (nSPS) is 11.0. The van der Waals surface area contributed by atoms with Gasteiger partial charge >= 0.3 is 0 Å². The van der Waals surface area contributed by atoms with E-state index in [-0.39, 0.29) is 17.1 Å². The molecule has 0 aliphatic heterocycles. The summed E-state index contributed by atoms with van der Waals surface area (Å²) in [6, 6.07) is 10.8. The largest absolute Gasteiger partial charge is 0.322 e. The topological polar surface area (TPSA) is 34.9 Å². The number of para-hydroxylation sites is 2. The second-order valence-corrected chi connectivity index (χ2v) is 5.73. The first-order chi connectivity index (χ1) is 10.6. The first-order valence-electron chi connectivity index (χ1n) is 6.59. The monoisotopic (exact) mass is 318 g/mol. The molecule has 0 saturated carbocycles. The Morgan fingerprint density at radius 2 is 1.95 bits per heavy atom. The van der Waals surface area contributed by atoms with Gasteiger partial charge in [-0.25, -0.2) is 13.8 Å². The van der Waals surface area contributed by atoms with Gasteiger partial charge in [-0.05, 0) is 30.3 Å². The Morgan fingerprint density at radius 1 is 1.18 bits per heavy atom. The van der Waals surface area contributed by atoms with Gasteiger partial charge in [-0.2, -0.15) is 0 Å². The molecule has 0 amide bonds. The number of carbonyl (C=O) groups excluding carboxylic acids is 1. The molecule has 0 unspecified atom stereocenters. The summed E-state index contributed by atoms with van der Waals surface area (Å²) in [5.41, 5.74) is 1.99. The lowest BCUT2D eigenvalue weighted by Gasteiger charge is -2.03. The Bertz CT molecular complexity index is 860. The number of ketones is 1. The van der Waals surface area contributed by atoms with Gasteiger partial charge in [-0.15, -0.1) is 0 Å². The number of imidazole rings is 1. The van der Waals surface area contributed by atoms with Crippen molar-refractivity contribution in [2.24, 2.45) is 7.05 Å². The molecular weight excluding hydrogens is 306 g/mol. The molecule has 3 rings (SSSR count). The third kappa shape index (κ3) is 2.74. The molecule has 112 valence electrons. The fourth-order valence-electron chi connectivity index (χ4n) is 2.14. The minimum atomic E-state index is -1.02. The number of aromatic nitrogens is 2. The first kappa shape index (κ1) is 14.7. The third-order valence-corrected chi connectivity index (χ3v) is 4.35. The number of aryl methyl sites for hydroxylation is 1. The maximum Gasteiger partial charge on any atom is 0.173 e. The number of benzene rings is 2. The Kier molecular flexibility index (Phi) is 3.94. The van der Waals surface area contributed by atoms with Crippen molar-refractivity contribution in [3.05, 3.63) is 59.7 Å². The summed E-state index contributed by atoms with van der Waals surface area (Å²) in [5.74, 6) is -2.13. The van der Waals surface area contributed by atoms with Gasteiger partial charge in [0.25, 0.3) is 0 Å².